The minimum absolute atomic E-state index is 0.0591. The summed E-state index contributed by atoms with van der Waals surface area (Å²) in [6.07, 6.45) is 4.97. The van der Waals surface area contributed by atoms with Gasteiger partial charge in [-0.3, -0.25) is 9.79 Å². The summed E-state index contributed by atoms with van der Waals surface area (Å²) < 4.78 is 0. The highest BCUT2D eigenvalue weighted by Gasteiger charge is 2.17. The molecule has 0 radical (unpaired) electrons. The number of nitrogens with one attached hydrogen (secondary N) is 1. The Bertz CT molecular complexity index is 317. The molecule has 1 aromatic heterocycles. The monoisotopic (exact) mass is 178 g/mol. The quantitative estimate of drug-likeness (QED) is 0.654. The van der Waals surface area contributed by atoms with Crippen LogP contribution in [0.4, 0.5) is 0 Å². The number of amides is 1. The van der Waals surface area contributed by atoms with Crippen molar-refractivity contribution in [3.8, 4) is 0 Å². The lowest BCUT2D eigenvalue weighted by Gasteiger charge is -2.21. The van der Waals surface area contributed by atoms with E-state index in [-0.39, 0.29) is 5.91 Å². The van der Waals surface area contributed by atoms with Crippen molar-refractivity contribution >= 4 is 12.1 Å². The fraction of sp³-hybridized carbons (Fsp3) is 0.375. The van der Waals surface area contributed by atoms with E-state index in [1.807, 2.05) is 0 Å². The van der Waals surface area contributed by atoms with Crippen molar-refractivity contribution in [2.45, 2.75) is 0 Å². The van der Waals surface area contributed by atoms with Crippen LogP contribution < -0.4 is 0 Å². The van der Waals surface area contributed by atoms with E-state index >= 15 is 0 Å². The Morgan fingerprint density at radius 3 is 3.15 bits per heavy atom. The van der Waals surface area contributed by atoms with Crippen LogP contribution in [0, 0.1) is 0 Å². The maximum atomic E-state index is 11.6. The normalized spacial score (nSPS) is 16.2. The van der Waals surface area contributed by atoms with Crippen molar-refractivity contribution in [2.24, 2.45) is 4.99 Å². The minimum atomic E-state index is -0.0591. The number of aliphatic imine (C=N–C) groups is 1. The molecule has 1 aromatic rings. The van der Waals surface area contributed by atoms with Gasteiger partial charge in [0.2, 0.25) is 0 Å². The van der Waals surface area contributed by atoms with Crippen LogP contribution in [-0.4, -0.2) is 46.6 Å². The zero-order valence-electron chi connectivity index (χ0n) is 7.10. The van der Waals surface area contributed by atoms with Crippen LogP contribution in [0.3, 0.4) is 0 Å². The first-order valence-corrected chi connectivity index (χ1v) is 4.15. The number of carbonyl (C=O) groups is 1. The fourth-order valence-corrected chi connectivity index (χ4v) is 1.23. The van der Waals surface area contributed by atoms with E-state index in [9.17, 15) is 4.79 Å². The average Bonchev–Trinajstić information content (AvgIpc) is 2.71. The number of hydrogen-bond donors (Lipinski definition) is 1. The van der Waals surface area contributed by atoms with E-state index in [0.717, 1.165) is 0 Å². The molecule has 0 unspecified atom stereocenters. The predicted octanol–water partition coefficient (Wildman–Crippen LogP) is -0.0637. The smallest absolute Gasteiger partial charge is 0.290 e. The van der Waals surface area contributed by atoms with Crippen LogP contribution in [0.2, 0.25) is 0 Å². The molecule has 13 heavy (non-hydrogen) atoms. The van der Waals surface area contributed by atoms with Gasteiger partial charge in [-0.25, -0.2) is 4.98 Å². The molecule has 0 saturated heterocycles. The van der Waals surface area contributed by atoms with Gasteiger partial charge in [-0.15, -0.1) is 0 Å². The summed E-state index contributed by atoms with van der Waals surface area (Å²) in [6, 6.07) is 0. The topological polar surface area (TPSA) is 61.4 Å². The number of aromatic amines is 1. The highest BCUT2D eigenvalue weighted by molar-refractivity contribution is 5.92. The molecule has 2 heterocycles. The van der Waals surface area contributed by atoms with E-state index in [1.54, 1.807) is 23.5 Å². The molecule has 1 amide bonds. The van der Waals surface area contributed by atoms with E-state index in [0.29, 0.717) is 25.5 Å². The maximum absolute atomic E-state index is 11.6. The molecule has 0 aliphatic carbocycles. The van der Waals surface area contributed by atoms with E-state index in [1.165, 1.54) is 0 Å². The summed E-state index contributed by atoms with van der Waals surface area (Å²) in [7, 11) is 0. The standard InChI is InChI=1S/C8H10N4O/c13-8(7-10-1-2-11-7)12-5-3-9-4-6-12/h1-3H,4-6H2,(H,10,11). The zero-order chi connectivity index (χ0) is 9.10. The van der Waals surface area contributed by atoms with Crippen LogP contribution in [0.15, 0.2) is 17.4 Å². The molecular weight excluding hydrogens is 168 g/mol. The van der Waals surface area contributed by atoms with E-state index in [4.69, 9.17) is 0 Å². The van der Waals surface area contributed by atoms with Crippen LogP contribution in [0.5, 0.6) is 0 Å². The molecule has 5 nitrogen and oxygen atoms in total. The van der Waals surface area contributed by atoms with Crippen molar-refractivity contribution in [2.75, 3.05) is 19.6 Å². The van der Waals surface area contributed by atoms with Gasteiger partial charge in [-0.1, -0.05) is 0 Å². The third-order valence-electron chi connectivity index (χ3n) is 1.92. The van der Waals surface area contributed by atoms with Gasteiger partial charge in [0, 0.05) is 25.2 Å². The third-order valence-corrected chi connectivity index (χ3v) is 1.92. The molecule has 1 N–H and O–H groups in total. The van der Waals surface area contributed by atoms with Gasteiger partial charge in [0.05, 0.1) is 13.1 Å². The minimum Gasteiger partial charge on any atom is -0.341 e. The maximum Gasteiger partial charge on any atom is 0.290 e. The summed E-state index contributed by atoms with van der Waals surface area (Å²) in [6.45, 7) is 1.95. The number of H-pyrrole nitrogens is 1. The second-order valence-corrected chi connectivity index (χ2v) is 2.78. The molecular formula is C8H10N4O. The first-order valence-electron chi connectivity index (χ1n) is 4.15. The summed E-state index contributed by atoms with van der Waals surface area (Å²) in [4.78, 5) is 24.1. The lowest BCUT2D eigenvalue weighted by atomic mass is 10.4. The SMILES string of the molecule is O=C(c1ncc[nH]1)N1CC=NCC1. The lowest BCUT2D eigenvalue weighted by Crippen LogP contribution is -2.37. The molecule has 0 spiro atoms. The largest absolute Gasteiger partial charge is 0.341 e. The second-order valence-electron chi connectivity index (χ2n) is 2.78. The van der Waals surface area contributed by atoms with Crippen LogP contribution >= 0.6 is 0 Å². The van der Waals surface area contributed by atoms with Gasteiger partial charge in [0.1, 0.15) is 0 Å². The Labute approximate surface area is 75.5 Å². The summed E-state index contributed by atoms with van der Waals surface area (Å²) in [5.74, 6) is 0.339. The summed E-state index contributed by atoms with van der Waals surface area (Å²) in [5, 5.41) is 0. The molecule has 5 heteroatoms. The number of imidazole rings is 1. The van der Waals surface area contributed by atoms with E-state index in [2.05, 4.69) is 15.0 Å². The molecule has 1 aliphatic rings. The average molecular weight is 178 g/mol. The highest BCUT2D eigenvalue weighted by Crippen LogP contribution is 2.00. The lowest BCUT2D eigenvalue weighted by molar-refractivity contribution is 0.0770. The van der Waals surface area contributed by atoms with Crippen molar-refractivity contribution in [1.29, 1.82) is 0 Å². The fourth-order valence-electron chi connectivity index (χ4n) is 1.23. The van der Waals surface area contributed by atoms with Crippen molar-refractivity contribution in [1.82, 2.24) is 14.9 Å². The van der Waals surface area contributed by atoms with Gasteiger partial charge in [-0.2, -0.15) is 0 Å². The number of nitrogens with zero attached hydrogens (tertiary/aromatic N) is 3. The molecule has 0 fully saturated rings. The van der Waals surface area contributed by atoms with Gasteiger partial charge >= 0.3 is 0 Å². The van der Waals surface area contributed by atoms with Gasteiger partial charge < -0.3 is 9.88 Å². The molecule has 0 bridgehead atoms. The van der Waals surface area contributed by atoms with Crippen molar-refractivity contribution in [3.63, 3.8) is 0 Å². The highest BCUT2D eigenvalue weighted by atomic mass is 16.2. The summed E-state index contributed by atoms with van der Waals surface area (Å²) in [5.41, 5.74) is 0. The van der Waals surface area contributed by atoms with Gasteiger partial charge in [0.25, 0.3) is 5.91 Å². The first-order chi connectivity index (χ1) is 6.38. The van der Waals surface area contributed by atoms with Gasteiger partial charge in [0.15, 0.2) is 5.82 Å². The first kappa shape index (κ1) is 7.97. The van der Waals surface area contributed by atoms with E-state index < -0.39 is 0 Å². The molecule has 68 valence electrons. The number of aromatic nitrogens is 2. The van der Waals surface area contributed by atoms with Gasteiger partial charge in [-0.05, 0) is 0 Å². The molecule has 2 rings (SSSR count). The Hall–Kier alpha value is -1.65. The van der Waals surface area contributed by atoms with Crippen LogP contribution in [-0.2, 0) is 0 Å². The van der Waals surface area contributed by atoms with Crippen molar-refractivity contribution < 1.29 is 4.79 Å². The molecule has 0 saturated carbocycles. The molecule has 1 aliphatic heterocycles. The second kappa shape index (κ2) is 3.38. The third kappa shape index (κ3) is 1.58. The Balaban J connectivity index is 2.09. The number of hydrogen-bond acceptors (Lipinski definition) is 3. The Kier molecular flexibility index (Phi) is 2.08. The zero-order valence-corrected chi connectivity index (χ0v) is 7.10. The molecule has 0 aromatic carbocycles. The Morgan fingerprint density at radius 2 is 2.54 bits per heavy atom. The molecule has 0 atom stereocenters. The Morgan fingerprint density at radius 1 is 1.62 bits per heavy atom. The number of rotatable bonds is 1. The predicted molar refractivity (Wildman–Crippen MR) is 47.9 cm³/mol. The van der Waals surface area contributed by atoms with Crippen LogP contribution in [0.1, 0.15) is 10.6 Å². The number of carbonyl (C=O) groups excluding carboxylic acids is 1. The van der Waals surface area contributed by atoms with Crippen LogP contribution in [0.25, 0.3) is 0 Å². The van der Waals surface area contributed by atoms with Crippen molar-refractivity contribution in [3.05, 3.63) is 18.2 Å². The summed E-state index contributed by atoms with van der Waals surface area (Å²) >= 11 is 0.